The van der Waals surface area contributed by atoms with Crippen LogP contribution < -0.4 is 37.2 Å². The number of nitrogens with one attached hydrogen (secondary N) is 7. The van der Waals surface area contributed by atoms with E-state index in [0.29, 0.717) is 43.1 Å². The van der Waals surface area contributed by atoms with E-state index in [1.807, 2.05) is 32.7 Å². The SMILES string of the molecule is C#C.CNC(C)C(=O)N[C@H](C(=O)N1CCC[C@H]1C(C)=O)C(C)(C)C.CNCC1=CC(C)(C)[C@@H](C(=O)N2CCCC2)N1.O=CN[C@H](CNC(=O)c1cccc(C(=O)NCCC2CCCCC2)c1)C1CCCCC1. The van der Waals surface area contributed by atoms with Gasteiger partial charge in [-0.25, -0.2) is 0 Å². The first-order valence-corrected chi connectivity index (χ1v) is 26.7. The fourth-order valence-electron chi connectivity index (χ4n) is 10.5. The number of carbonyl (C=O) groups is 7. The molecule has 0 aromatic heterocycles. The molecule has 2 saturated heterocycles. The van der Waals surface area contributed by atoms with Gasteiger partial charge in [0.1, 0.15) is 12.1 Å². The number of rotatable bonds is 18. The fourth-order valence-corrected chi connectivity index (χ4v) is 10.5. The molecule has 2 aliphatic carbocycles. The lowest BCUT2D eigenvalue weighted by Crippen LogP contribution is -2.58. The predicted molar refractivity (Wildman–Crippen MR) is 286 cm³/mol. The minimum atomic E-state index is -0.643. The van der Waals surface area contributed by atoms with Gasteiger partial charge in [-0.05, 0) is 108 Å². The average Bonchev–Trinajstić information content (AvgIpc) is 4.17. The zero-order valence-electron chi connectivity index (χ0n) is 45.3. The average molecular weight is 1000 g/mol. The van der Waals surface area contributed by atoms with Crippen molar-refractivity contribution in [3.05, 3.63) is 47.2 Å². The second-order valence-corrected chi connectivity index (χ2v) is 21.9. The van der Waals surface area contributed by atoms with Crippen molar-refractivity contribution in [1.82, 2.24) is 47.0 Å². The maximum absolute atomic E-state index is 12.9. The molecule has 402 valence electrons. The first-order valence-electron chi connectivity index (χ1n) is 26.7. The summed E-state index contributed by atoms with van der Waals surface area (Å²) < 4.78 is 0. The third-order valence-electron chi connectivity index (χ3n) is 14.8. The summed E-state index contributed by atoms with van der Waals surface area (Å²) in [5.41, 5.74) is 1.59. The predicted octanol–water partition coefficient (Wildman–Crippen LogP) is 5.48. The van der Waals surface area contributed by atoms with Crippen LogP contribution in [0.4, 0.5) is 0 Å². The molecule has 0 radical (unpaired) electrons. The Morgan fingerprint density at radius 2 is 1.43 bits per heavy atom. The van der Waals surface area contributed by atoms with Gasteiger partial charge in [0.25, 0.3) is 11.8 Å². The Balaban J connectivity index is 0.000000293. The maximum atomic E-state index is 12.9. The molecule has 72 heavy (non-hydrogen) atoms. The monoisotopic (exact) mass is 1000 g/mol. The van der Waals surface area contributed by atoms with Crippen molar-refractivity contribution in [3.8, 4) is 12.8 Å². The van der Waals surface area contributed by atoms with Gasteiger partial charge in [-0.3, -0.25) is 33.6 Å². The normalized spacial score (nSPS) is 21.0. The van der Waals surface area contributed by atoms with Gasteiger partial charge in [0.15, 0.2) is 5.78 Å². The minimum absolute atomic E-state index is 0.00780. The van der Waals surface area contributed by atoms with Crippen LogP contribution in [0.25, 0.3) is 0 Å². The summed E-state index contributed by atoms with van der Waals surface area (Å²) in [5, 5.41) is 21.0. The molecule has 6 amide bonds. The number of likely N-dealkylation sites (tertiary alicyclic amines) is 2. The zero-order chi connectivity index (χ0) is 53.4. The number of amides is 6. The van der Waals surface area contributed by atoms with Crippen molar-refractivity contribution >= 4 is 41.7 Å². The molecule has 5 atom stereocenters. The smallest absolute Gasteiger partial charge is 0.251 e. The van der Waals surface area contributed by atoms with Gasteiger partial charge in [0.05, 0.1) is 12.1 Å². The molecule has 5 aliphatic rings. The summed E-state index contributed by atoms with van der Waals surface area (Å²) in [6.07, 6.45) is 28.0. The van der Waals surface area contributed by atoms with Gasteiger partial charge in [0, 0.05) is 67.5 Å². The van der Waals surface area contributed by atoms with Gasteiger partial charge in [-0.15, -0.1) is 12.8 Å². The minimum Gasteiger partial charge on any atom is -0.376 e. The second kappa shape index (κ2) is 30.7. The number of hydrogen-bond donors (Lipinski definition) is 7. The van der Waals surface area contributed by atoms with Crippen LogP contribution in [-0.2, 0) is 24.0 Å². The van der Waals surface area contributed by atoms with Crippen molar-refractivity contribution in [3.63, 3.8) is 0 Å². The highest BCUT2D eigenvalue weighted by molar-refractivity contribution is 5.99. The third kappa shape index (κ3) is 19.0. The number of ketones is 1. The van der Waals surface area contributed by atoms with E-state index in [9.17, 15) is 33.6 Å². The standard InChI is InChI=1S/C25H37N3O3.C16H29N3O3.C13H23N3O.C2H2/c29-18-28-23(20-10-5-2-6-11-20)17-27-25(31)22-13-7-12-21(16-22)24(30)26-15-14-19-8-3-1-4-9-19;1-10(17-6)14(21)18-13(16(3,4)5)15(22)19-9-7-8-12(19)11(2)20;1-13(2)8-10(9-14-3)15-11(13)12(17)16-6-4-5-7-16;1-2/h7,12-13,16,18-20,23H,1-6,8-11,14-15,17H2,(H,26,30)(H,27,31)(H,28,29);10,12-13,17H,7-9H2,1-6H3,(H,18,21);8,11,14-15H,4-7,9H2,1-3H3;1-2H/t23-;10?,12-,13+;11-;/m101./s1. The number of terminal acetylenes is 1. The molecule has 4 fully saturated rings. The van der Waals surface area contributed by atoms with Crippen molar-refractivity contribution < 1.29 is 33.6 Å². The third-order valence-corrected chi connectivity index (χ3v) is 14.8. The highest BCUT2D eigenvalue weighted by Gasteiger charge is 2.42. The molecule has 7 N–H and O–H groups in total. The first kappa shape index (κ1) is 61.0. The summed E-state index contributed by atoms with van der Waals surface area (Å²) in [6.45, 7) is 17.6. The van der Waals surface area contributed by atoms with Crippen LogP contribution in [0.3, 0.4) is 0 Å². The van der Waals surface area contributed by atoms with Crippen LogP contribution in [-0.4, -0.2) is 135 Å². The van der Waals surface area contributed by atoms with Crippen LogP contribution in [0.1, 0.15) is 165 Å². The Kier molecular flexibility index (Phi) is 26.0. The van der Waals surface area contributed by atoms with Crippen molar-refractivity contribution in [2.24, 2.45) is 22.7 Å². The van der Waals surface area contributed by atoms with Crippen LogP contribution in [0.2, 0.25) is 0 Å². The van der Waals surface area contributed by atoms with E-state index in [4.69, 9.17) is 0 Å². The molecule has 3 aliphatic heterocycles. The Bertz CT molecular complexity index is 1960. The molecule has 1 unspecified atom stereocenters. The number of likely N-dealkylation sites (N-methyl/N-ethyl adjacent to an activating group) is 2. The van der Waals surface area contributed by atoms with Gasteiger partial charge >= 0.3 is 0 Å². The van der Waals surface area contributed by atoms with E-state index < -0.39 is 11.5 Å². The molecular weight excluding hydrogens is 911 g/mol. The number of benzene rings is 1. The molecule has 1 aromatic rings. The molecular formula is C56H91N9O7. The van der Waals surface area contributed by atoms with Crippen molar-refractivity contribution in [2.45, 2.75) is 175 Å². The van der Waals surface area contributed by atoms with Gasteiger partial charge in [-0.2, -0.15) is 0 Å². The number of nitrogens with zero attached hydrogens (tertiary/aromatic N) is 2. The van der Waals surface area contributed by atoms with E-state index in [0.717, 1.165) is 76.2 Å². The van der Waals surface area contributed by atoms with Crippen LogP contribution in [0.15, 0.2) is 36.0 Å². The van der Waals surface area contributed by atoms with E-state index in [-0.39, 0.29) is 64.9 Å². The van der Waals surface area contributed by atoms with Crippen LogP contribution in [0, 0.1) is 35.5 Å². The topological polar surface area (TPSA) is 210 Å². The van der Waals surface area contributed by atoms with Crippen molar-refractivity contribution in [1.29, 1.82) is 0 Å². The van der Waals surface area contributed by atoms with Gasteiger partial charge in [-0.1, -0.05) is 98.1 Å². The Morgan fingerprint density at radius 3 is 1.99 bits per heavy atom. The van der Waals surface area contributed by atoms with E-state index in [2.05, 4.69) is 70.0 Å². The first-order chi connectivity index (χ1) is 34.3. The highest BCUT2D eigenvalue weighted by Crippen LogP contribution is 2.32. The largest absolute Gasteiger partial charge is 0.376 e. The fraction of sp³-hybridized carbons (Fsp3) is 0.696. The molecule has 0 spiro atoms. The Labute approximate surface area is 431 Å². The van der Waals surface area contributed by atoms with Crippen LogP contribution >= 0.6 is 0 Å². The quantitative estimate of drug-likeness (QED) is 0.0728. The van der Waals surface area contributed by atoms with Gasteiger partial charge in [0.2, 0.25) is 24.1 Å². The molecule has 2 saturated carbocycles. The lowest BCUT2D eigenvalue weighted by Gasteiger charge is -2.35. The van der Waals surface area contributed by atoms with Gasteiger partial charge < -0.3 is 47.0 Å². The molecule has 6 rings (SSSR count). The molecule has 0 bridgehead atoms. The number of Topliss-reactive ketones (excluding diaryl/α,β-unsaturated/α-hetero) is 1. The maximum Gasteiger partial charge on any atom is 0.251 e. The molecule has 1 aromatic carbocycles. The zero-order valence-corrected chi connectivity index (χ0v) is 45.3. The lowest BCUT2D eigenvalue weighted by atomic mass is 9.84. The van der Waals surface area contributed by atoms with Crippen LogP contribution in [0.5, 0.6) is 0 Å². The summed E-state index contributed by atoms with van der Waals surface area (Å²) in [6, 6.07) is 5.34. The van der Waals surface area contributed by atoms with E-state index >= 15 is 0 Å². The summed E-state index contributed by atoms with van der Waals surface area (Å²) >= 11 is 0. The van der Waals surface area contributed by atoms with E-state index in [1.54, 1.807) is 43.1 Å². The number of hydrogen-bond acceptors (Lipinski definition) is 10. The molecule has 3 heterocycles. The summed E-state index contributed by atoms with van der Waals surface area (Å²) in [7, 11) is 3.62. The molecule has 16 nitrogen and oxygen atoms in total. The Morgan fingerprint density at radius 1 is 0.833 bits per heavy atom. The highest BCUT2D eigenvalue weighted by atomic mass is 16.2. The summed E-state index contributed by atoms with van der Waals surface area (Å²) in [4.78, 5) is 89.0. The van der Waals surface area contributed by atoms with E-state index in [1.165, 1.54) is 58.3 Å². The summed E-state index contributed by atoms with van der Waals surface area (Å²) in [5.74, 6) is 0.668. The van der Waals surface area contributed by atoms with Crippen molar-refractivity contribution in [2.75, 3.05) is 53.4 Å². The lowest BCUT2D eigenvalue weighted by molar-refractivity contribution is -0.143. The molecule has 16 heteroatoms. The number of carbonyl (C=O) groups excluding carboxylic acids is 7. The second-order valence-electron chi connectivity index (χ2n) is 21.9. The Hall–Kier alpha value is -5.27.